The summed E-state index contributed by atoms with van der Waals surface area (Å²) in [6.07, 6.45) is 8.43. The second kappa shape index (κ2) is 7.18. The van der Waals surface area contributed by atoms with Crippen LogP contribution in [0, 0.1) is 0 Å². The van der Waals surface area contributed by atoms with E-state index in [1.807, 2.05) is 0 Å². The number of urea groups is 1. The Morgan fingerprint density at radius 3 is 2.78 bits per heavy atom. The molecule has 1 heterocycles. The van der Waals surface area contributed by atoms with Crippen molar-refractivity contribution in [1.29, 1.82) is 0 Å². The van der Waals surface area contributed by atoms with Crippen molar-refractivity contribution in [3.8, 4) is 10.4 Å². The van der Waals surface area contributed by atoms with Crippen LogP contribution in [0.3, 0.4) is 0 Å². The quantitative estimate of drug-likeness (QED) is 0.710. The smallest absolute Gasteiger partial charge is 0.317 e. The molecule has 3 N–H and O–H groups in total. The van der Waals surface area contributed by atoms with Crippen molar-refractivity contribution in [2.24, 2.45) is 5.73 Å². The second-order valence-corrected chi connectivity index (χ2v) is 7.31. The van der Waals surface area contributed by atoms with E-state index < -0.39 is 6.03 Å². The number of anilines is 1. The Bertz CT molecular complexity index is 705. The number of nitrogens with one attached hydrogen (secondary N) is 1. The summed E-state index contributed by atoms with van der Waals surface area (Å²) in [7, 11) is 0. The number of aryl methyl sites for hydroxylation is 3. The van der Waals surface area contributed by atoms with Crippen molar-refractivity contribution in [2.45, 2.75) is 51.9 Å². The molecular weight excluding hydrogens is 304 g/mol. The summed E-state index contributed by atoms with van der Waals surface area (Å²) in [5, 5.41) is 3.56. The number of carbonyl (C=O) groups is 1. The minimum atomic E-state index is -0.492. The van der Waals surface area contributed by atoms with Crippen LogP contribution in [-0.2, 0) is 19.3 Å². The number of amides is 2. The fourth-order valence-corrected chi connectivity index (χ4v) is 4.42. The lowest BCUT2D eigenvalue weighted by atomic mass is 9.89. The third-order valence-corrected chi connectivity index (χ3v) is 5.58. The van der Waals surface area contributed by atoms with Gasteiger partial charge in [0.15, 0.2) is 0 Å². The maximum absolute atomic E-state index is 11.1. The largest absolute Gasteiger partial charge is 0.351 e. The minimum absolute atomic E-state index is 0.492. The van der Waals surface area contributed by atoms with Crippen LogP contribution in [0.2, 0.25) is 0 Å². The van der Waals surface area contributed by atoms with Crippen molar-refractivity contribution >= 4 is 22.4 Å². The molecule has 2 aromatic rings. The van der Waals surface area contributed by atoms with Crippen molar-refractivity contribution < 1.29 is 4.79 Å². The van der Waals surface area contributed by atoms with Gasteiger partial charge in [-0.2, -0.15) is 0 Å². The Kier molecular flexibility index (Phi) is 5.01. The molecule has 0 saturated heterocycles. The number of rotatable bonds is 6. The molecule has 1 aromatic heterocycles. The number of fused-ring (bicyclic) bond motifs is 3. The molecule has 122 valence electrons. The van der Waals surface area contributed by atoms with E-state index in [9.17, 15) is 4.79 Å². The maximum Gasteiger partial charge on any atom is 0.317 e. The van der Waals surface area contributed by atoms with Crippen LogP contribution >= 0.6 is 11.3 Å². The van der Waals surface area contributed by atoms with Crippen LogP contribution in [0.25, 0.3) is 10.4 Å². The van der Waals surface area contributed by atoms with Gasteiger partial charge in [-0.05, 0) is 54.0 Å². The first-order valence-corrected chi connectivity index (χ1v) is 9.30. The lowest BCUT2D eigenvalue weighted by molar-refractivity contribution is 0.259. The highest BCUT2D eigenvalue weighted by Gasteiger charge is 2.20. The molecule has 0 atom stereocenters. The molecule has 0 unspecified atom stereocenters. The standard InChI is InChI=1S/C19H24N2OS/c1-2-3-4-5-6-13-7-8-14-9-10-15-12-17(21-19(20)22)23-18(15)16(14)11-13/h7-8,11-12H,2-6,9-10H2,1H3,(H3,20,21,22). The molecule has 23 heavy (non-hydrogen) atoms. The van der Waals surface area contributed by atoms with E-state index in [1.165, 1.54) is 52.8 Å². The average molecular weight is 328 g/mol. The van der Waals surface area contributed by atoms with Gasteiger partial charge in [-0.3, -0.25) is 5.32 Å². The van der Waals surface area contributed by atoms with E-state index in [0.29, 0.717) is 0 Å². The van der Waals surface area contributed by atoms with E-state index in [0.717, 1.165) is 24.3 Å². The van der Waals surface area contributed by atoms with E-state index in [-0.39, 0.29) is 0 Å². The summed E-state index contributed by atoms with van der Waals surface area (Å²) >= 11 is 1.64. The molecule has 2 amide bonds. The fourth-order valence-electron chi connectivity index (χ4n) is 3.26. The predicted molar refractivity (Wildman–Crippen MR) is 98.2 cm³/mol. The molecule has 0 spiro atoms. The summed E-state index contributed by atoms with van der Waals surface area (Å²) in [4.78, 5) is 12.4. The first-order valence-electron chi connectivity index (χ1n) is 8.48. The zero-order chi connectivity index (χ0) is 16.2. The summed E-state index contributed by atoms with van der Waals surface area (Å²) in [6.45, 7) is 2.24. The summed E-state index contributed by atoms with van der Waals surface area (Å²) < 4.78 is 0. The first kappa shape index (κ1) is 16.1. The van der Waals surface area contributed by atoms with Crippen LogP contribution in [0.4, 0.5) is 9.80 Å². The van der Waals surface area contributed by atoms with Gasteiger partial charge in [0.05, 0.1) is 5.00 Å². The van der Waals surface area contributed by atoms with Gasteiger partial charge in [-0.1, -0.05) is 44.4 Å². The Labute approximate surface area is 141 Å². The molecule has 0 saturated carbocycles. The third kappa shape index (κ3) is 3.75. The number of hydrogen-bond donors (Lipinski definition) is 2. The van der Waals surface area contributed by atoms with Crippen LogP contribution in [0.1, 0.15) is 49.3 Å². The maximum atomic E-state index is 11.1. The summed E-state index contributed by atoms with van der Waals surface area (Å²) in [5.41, 5.74) is 10.8. The van der Waals surface area contributed by atoms with E-state index in [4.69, 9.17) is 5.73 Å². The molecule has 1 aliphatic carbocycles. The van der Waals surface area contributed by atoms with Gasteiger partial charge in [0.1, 0.15) is 0 Å². The van der Waals surface area contributed by atoms with Gasteiger partial charge in [0.25, 0.3) is 0 Å². The highest BCUT2D eigenvalue weighted by Crippen LogP contribution is 2.42. The zero-order valence-corrected chi connectivity index (χ0v) is 14.5. The van der Waals surface area contributed by atoms with Crippen LogP contribution in [0.5, 0.6) is 0 Å². The van der Waals surface area contributed by atoms with Crippen molar-refractivity contribution in [1.82, 2.24) is 0 Å². The van der Waals surface area contributed by atoms with Gasteiger partial charge in [0.2, 0.25) is 0 Å². The highest BCUT2D eigenvalue weighted by molar-refractivity contribution is 7.19. The Hall–Kier alpha value is -1.81. The molecule has 3 nitrogen and oxygen atoms in total. The number of thiophene rings is 1. The molecule has 1 aromatic carbocycles. The monoisotopic (exact) mass is 328 g/mol. The van der Waals surface area contributed by atoms with Crippen molar-refractivity contribution in [3.05, 3.63) is 41.0 Å². The third-order valence-electron chi connectivity index (χ3n) is 4.46. The first-order chi connectivity index (χ1) is 11.2. The molecular formula is C19H24N2OS. The molecule has 4 heteroatoms. The minimum Gasteiger partial charge on any atom is -0.351 e. The molecule has 0 aliphatic heterocycles. The van der Waals surface area contributed by atoms with E-state index in [2.05, 4.69) is 36.5 Å². The molecule has 0 bridgehead atoms. The lowest BCUT2D eigenvalue weighted by Crippen LogP contribution is -2.18. The van der Waals surface area contributed by atoms with Gasteiger partial charge in [-0.25, -0.2) is 4.79 Å². The van der Waals surface area contributed by atoms with Crippen LogP contribution < -0.4 is 11.1 Å². The summed E-state index contributed by atoms with van der Waals surface area (Å²) in [5.74, 6) is 0. The Morgan fingerprint density at radius 1 is 1.17 bits per heavy atom. The highest BCUT2D eigenvalue weighted by atomic mass is 32.1. The van der Waals surface area contributed by atoms with Crippen LogP contribution in [-0.4, -0.2) is 6.03 Å². The normalized spacial score (nSPS) is 12.6. The average Bonchev–Trinajstić information content (AvgIpc) is 2.93. The summed E-state index contributed by atoms with van der Waals surface area (Å²) in [6, 6.07) is 8.50. The number of carbonyl (C=O) groups excluding carboxylic acids is 1. The number of nitrogens with two attached hydrogens (primary N) is 1. The van der Waals surface area contributed by atoms with Crippen molar-refractivity contribution in [2.75, 3.05) is 5.32 Å². The predicted octanol–water partition coefficient (Wildman–Crippen LogP) is 5.13. The molecule has 0 radical (unpaired) electrons. The van der Waals surface area contributed by atoms with Gasteiger partial charge in [-0.15, -0.1) is 11.3 Å². The zero-order valence-electron chi connectivity index (χ0n) is 13.7. The van der Waals surface area contributed by atoms with Gasteiger partial charge < -0.3 is 5.73 Å². The number of benzene rings is 1. The van der Waals surface area contributed by atoms with Crippen molar-refractivity contribution in [3.63, 3.8) is 0 Å². The SMILES string of the molecule is CCCCCCc1ccc2c(c1)-c1sc(NC(N)=O)cc1CC2. The molecule has 3 rings (SSSR count). The van der Waals surface area contributed by atoms with E-state index >= 15 is 0 Å². The molecule has 1 aliphatic rings. The number of hydrogen-bond acceptors (Lipinski definition) is 2. The Balaban J connectivity index is 1.81. The van der Waals surface area contributed by atoms with Gasteiger partial charge in [0, 0.05) is 4.88 Å². The number of primary amides is 1. The van der Waals surface area contributed by atoms with E-state index in [1.54, 1.807) is 11.3 Å². The lowest BCUT2D eigenvalue weighted by Gasteiger charge is -2.17. The fraction of sp³-hybridized carbons (Fsp3) is 0.421. The molecule has 0 fully saturated rings. The van der Waals surface area contributed by atoms with Gasteiger partial charge >= 0.3 is 6.03 Å². The second-order valence-electron chi connectivity index (χ2n) is 6.26. The topological polar surface area (TPSA) is 55.1 Å². The number of unbranched alkanes of at least 4 members (excludes halogenated alkanes) is 3. The Morgan fingerprint density at radius 2 is 2.00 bits per heavy atom. The van der Waals surface area contributed by atoms with Crippen LogP contribution in [0.15, 0.2) is 24.3 Å².